The Hall–Kier alpha value is -3.35. The van der Waals surface area contributed by atoms with Gasteiger partial charge in [0.05, 0.1) is 0 Å². The van der Waals surface area contributed by atoms with Crippen molar-refractivity contribution in [1.29, 1.82) is 0 Å². The Balaban J connectivity index is 1.24. The summed E-state index contributed by atoms with van der Waals surface area (Å²) in [6, 6.07) is 19.7. The number of nitrogens with two attached hydrogens (primary N) is 1. The third kappa shape index (κ3) is 4.84. The van der Waals surface area contributed by atoms with Crippen LogP contribution in [0, 0.1) is 5.92 Å². The number of carbonyl (C=O) groups excluding carboxylic acids is 2. The molecule has 190 valence electrons. The molecule has 2 aromatic carbocycles. The summed E-state index contributed by atoms with van der Waals surface area (Å²) < 4.78 is 0. The molecule has 7 heteroatoms. The molecule has 1 saturated carbocycles. The van der Waals surface area contributed by atoms with Crippen LogP contribution in [-0.2, 0) is 10.3 Å². The highest BCUT2D eigenvalue weighted by Crippen LogP contribution is 2.40. The second kappa shape index (κ2) is 10.7. The smallest absolute Gasteiger partial charge is 0.317 e. The van der Waals surface area contributed by atoms with Gasteiger partial charge in [0.1, 0.15) is 0 Å². The maximum atomic E-state index is 14.0. The van der Waals surface area contributed by atoms with Crippen molar-refractivity contribution in [3.63, 3.8) is 0 Å². The van der Waals surface area contributed by atoms with E-state index in [1.807, 2.05) is 65.6 Å². The van der Waals surface area contributed by atoms with Gasteiger partial charge in [-0.25, -0.2) is 9.79 Å². The van der Waals surface area contributed by atoms with Crippen LogP contribution in [0.1, 0.15) is 62.5 Å². The molecule has 0 bridgehead atoms. The van der Waals surface area contributed by atoms with Gasteiger partial charge in [0.15, 0.2) is 11.5 Å². The van der Waals surface area contributed by atoms with Gasteiger partial charge in [-0.1, -0.05) is 86.3 Å². The van der Waals surface area contributed by atoms with Crippen LogP contribution in [0.5, 0.6) is 0 Å². The summed E-state index contributed by atoms with van der Waals surface area (Å²) in [7, 11) is 0. The molecule has 5 rings (SSSR count). The predicted molar refractivity (Wildman–Crippen MR) is 141 cm³/mol. The summed E-state index contributed by atoms with van der Waals surface area (Å²) >= 11 is 0. The minimum absolute atomic E-state index is 0.0610. The molecule has 0 radical (unpaired) electrons. The zero-order chi connectivity index (χ0) is 25.0. The molecule has 0 unspecified atom stereocenters. The number of amides is 3. The van der Waals surface area contributed by atoms with Gasteiger partial charge < -0.3 is 16.0 Å². The largest absolute Gasteiger partial charge is 0.369 e. The SMILES string of the molecule is NC1=NC(c2ccccc2)(c2ccccc2)C(=O)N1CC1CCN(C(=O)NC2CCCCCC2)CC1. The van der Waals surface area contributed by atoms with Gasteiger partial charge in [-0.15, -0.1) is 0 Å². The van der Waals surface area contributed by atoms with E-state index in [1.54, 1.807) is 4.90 Å². The van der Waals surface area contributed by atoms with Crippen LogP contribution in [-0.4, -0.2) is 53.4 Å². The summed E-state index contributed by atoms with van der Waals surface area (Å²) in [4.78, 5) is 35.2. The third-order valence-corrected chi connectivity index (χ3v) is 8.02. The van der Waals surface area contributed by atoms with Gasteiger partial charge >= 0.3 is 6.03 Å². The first kappa shape index (κ1) is 24.3. The fraction of sp³-hybridized carbons (Fsp3) is 0.483. The van der Waals surface area contributed by atoms with E-state index in [0.29, 0.717) is 25.7 Å². The van der Waals surface area contributed by atoms with Crippen molar-refractivity contribution in [2.75, 3.05) is 19.6 Å². The topological polar surface area (TPSA) is 91.0 Å². The van der Waals surface area contributed by atoms with Crippen LogP contribution >= 0.6 is 0 Å². The van der Waals surface area contributed by atoms with Crippen LogP contribution in [0.15, 0.2) is 65.7 Å². The molecule has 7 nitrogen and oxygen atoms in total. The average Bonchev–Trinajstić information content (AvgIpc) is 3.06. The molecule has 3 amide bonds. The van der Waals surface area contributed by atoms with Crippen molar-refractivity contribution < 1.29 is 9.59 Å². The van der Waals surface area contributed by atoms with Gasteiger partial charge in [0.2, 0.25) is 0 Å². The Bertz CT molecular complexity index is 1030. The normalized spacial score (nSPS) is 21.2. The number of benzene rings is 2. The van der Waals surface area contributed by atoms with Crippen molar-refractivity contribution >= 4 is 17.9 Å². The summed E-state index contributed by atoms with van der Waals surface area (Å²) in [5, 5.41) is 3.26. The maximum Gasteiger partial charge on any atom is 0.317 e. The van der Waals surface area contributed by atoms with E-state index in [1.165, 1.54) is 25.7 Å². The number of rotatable bonds is 5. The number of hydrogen-bond donors (Lipinski definition) is 2. The molecule has 1 aliphatic carbocycles. The quantitative estimate of drug-likeness (QED) is 0.619. The summed E-state index contributed by atoms with van der Waals surface area (Å²) in [5.74, 6) is 0.430. The van der Waals surface area contributed by atoms with E-state index < -0.39 is 5.54 Å². The number of nitrogens with one attached hydrogen (secondary N) is 1. The molecule has 2 fully saturated rings. The maximum absolute atomic E-state index is 14.0. The first-order chi connectivity index (χ1) is 17.6. The molecule has 0 aromatic heterocycles. The van der Waals surface area contributed by atoms with E-state index >= 15 is 0 Å². The first-order valence-electron chi connectivity index (χ1n) is 13.4. The van der Waals surface area contributed by atoms with Crippen LogP contribution in [0.4, 0.5) is 4.79 Å². The average molecular weight is 488 g/mol. The first-order valence-corrected chi connectivity index (χ1v) is 13.4. The zero-order valence-corrected chi connectivity index (χ0v) is 20.9. The zero-order valence-electron chi connectivity index (χ0n) is 20.9. The van der Waals surface area contributed by atoms with Gasteiger partial charge in [-0.05, 0) is 42.7 Å². The summed E-state index contributed by atoms with van der Waals surface area (Å²) in [6.45, 7) is 1.92. The number of hydrogen-bond acceptors (Lipinski definition) is 4. The van der Waals surface area contributed by atoms with Crippen molar-refractivity contribution in [1.82, 2.24) is 15.1 Å². The van der Waals surface area contributed by atoms with E-state index in [-0.39, 0.29) is 23.8 Å². The highest BCUT2D eigenvalue weighted by molar-refractivity contribution is 6.09. The Morgan fingerprint density at radius 2 is 1.44 bits per heavy atom. The Kier molecular flexibility index (Phi) is 7.25. The molecule has 36 heavy (non-hydrogen) atoms. The lowest BCUT2D eigenvalue weighted by molar-refractivity contribution is -0.130. The van der Waals surface area contributed by atoms with Gasteiger partial charge in [-0.3, -0.25) is 9.69 Å². The fourth-order valence-electron chi connectivity index (χ4n) is 5.92. The highest BCUT2D eigenvalue weighted by atomic mass is 16.2. The van der Waals surface area contributed by atoms with E-state index in [2.05, 4.69) is 5.32 Å². The highest BCUT2D eigenvalue weighted by Gasteiger charge is 2.50. The number of aliphatic imine (C=N–C) groups is 1. The molecular formula is C29H37N5O2. The van der Waals surface area contributed by atoms with Crippen LogP contribution in [0.3, 0.4) is 0 Å². The minimum Gasteiger partial charge on any atom is -0.369 e. The minimum atomic E-state index is -1.16. The van der Waals surface area contributed by atoms with Crippen LogP contribution in [0.25, 0.3) is 0 Å². The van der Waals surface area contributed by atoms with Gasteiger partial charge in [-0.2, -0.15) is 0 Å². The van der Waals surface area contributed by atoms with Crippen molar-refractivity contribution in [3.05, 3.63) is 71.8 Å². The Morgan fingerprint density at radius 1 is 0.889 bits per heavy atom. The summed E-state index contributed by atoms with van der Waals surface area (Å²) in [6.07, 6.45) is 8.81. The van der Waals surface area contributed by atoms with Crippen molar-refractivity contribution in [2.24, 2.45) is 16.6 Å². The Morgan fingerprint density at radius 3 is 2.00 bits per heavy atom. The van der Waals surface area contributed by atoms with E-state index in [0.717, 1.165) is 36.8 Å². The number of likely N-dealkylation sites (tertiary alicyclic amines) is 1. The lowest BCUT2D eigenvalue weighted by atomic mass is 9.82. The number of piperidine rings is 1. The number of urea groups is 1. The van der Waals surface area contributed by atoms with E-state index in [9.17, 15) is 9.59 Å². The van der Waals surface area contributed by atoms with Crippen LogP contribution in [0.2, 0.25) is 0 Å². The second-order valence-corrected chi connectivity index (χ2v) is 10.4. The lowest BCUT2D eigenvalue weighted by Crippen LogP contribution is -2.50. The third-order valence-electron chi connectivity index (χ3n) is 8.02. The molecular weight excluding hydrogens is 450 g/mol. The summed E-state index contributed by atoms with van der Waals surface area (Å²) in [5.41, 5.74) is 6.88. The number of nitrogens with zero attached hydrogens (tertiary/aromatic N) is 3. The fourth-order valence-corrected chi connectivity index (χ4v) is 5.92. The molecule has 0 atom stereocenters. The standard InChI is InChI=1S/C29H37N5O2/c30-27-32-29(23-11-5-3-6-12-23,24-13-7-4-8-14-24)26(35)34(27)21-22-17-19-33(20-18-22)28(36)31-25-15-9-1-2-10-16-25/h3-8,11-14,22,25H,1-2,9-10,15-21H2,(H2,30,32)(H,31,36). The number of guanidine groups is 1. The number of carbonyl (C=O) groups is 2. The van der Waals surface area contributed by atoms with Crippen molar-refractivity contribution in [3.8, 4) is 0 Å². The lowest BCUT2D eigenvalue weighted by Gasteiger charge is -2.35. The Labute approximate surface area is 213 Å². The second-order valence-electron chi connectivity index (χ2n) is 10.4. The molecule has 0 spiro atoms. The monoisotopic (exact) mass is 487 g/mol. The van der Waals surface area contributed by atoms with Crippen LogP contribution < -0.4 is 11.1 Å². The molecule has 3 aliphatic rings. The molecule has 2 heterocycles. The molecule has 2 aromatic rings. The van der Waals surface area contributed by atoms with Gasteiger partial charge in [0.25, 0.3) is 5.91 Å². The van der Waals surface area contributed by atoms with Crippen molar-refractivity contribution in [2.45, 2.75) is 62.9 Å². The molecule has 3 N–H and O–H groups in total. The van der Waals surface area contributed by atoms with Gasteiger partial charge in [0, 0.05) is 25.7 Å². The molecule has 1 saturated heterocycles. The predicted octanol–water partition coefficient (Wildman–Crippen LogP) is 4.23. The molecule has 2 aliphatic heterocycles. The van der Waals surface area contributed by atoms with E-state index in [4.69, 9.17) is 10.7 Å².